The lowest BCUT2D eigenvalue weighted by molar-refractivity contribution is -0.172. The smallest absolute Gasteiger partial charge is 0.323 e. The Kier molecular flexibility index (Phi) is 12.4. The van der Waals surface area contributed by atoms with Crippen molar-refractivity contribution in [1.82, 2.24) is 0 Å². The van der Waals surface area contributed by atoms with Crippen LogP contribution in [-0.2, 0) is 35.1 Å². The van der Waals surface area contributed by atoms with Gasteiger partial charge in [-0.3, -0.25) is 19.2 Å². The van der Waals surface area contributed by atoms with E-state index in [0.29, 0.717) is 12.0 Å². The lowest BCUT2D eigenvalue weighted by Gasteiger charge is -2.27. The molecule has 40 heavy (non-hydrogen) atoms. The summed E-state index contributed by atoms with van der Waals surface area (Å²) in [6.45, 7) is 20.3. The van der Waals surface area contributed by atoms with Gasteiger partial charge in [-0.2, -0.15) is 0 Å². The van der Waals surface area contributed by atoms with Crippen LogP contribution in [-0.4, -0.2) is 42.1 Å². The van der Waals surface area contributed by atoms with E-state index in [1.165, 1.54) is 12.1 Å². The first kappa shape index (κ1) is 35.1. The lowest BCUT2D eigenvalue weighted by atomic mass is 9.90. The number of hydrogen-bond donors (Lipinski definition) is 1. The molecule has 1 aromatic carbocycles. The monoisotopic (exact) mass is 563 g/mol. The quantitative estimate of drug-likeness (QED) is 0.257. The van der Waals surface area contributed by atoms with E-state index in [1.54, 1.807) is 33.8 Å². The Bertz CT molecular complexity index is 1050. The minimum absolute atomic E-state index is 0.0713. The van der Waals surface area contributed by atoms with E-state index >= 15 is 0 Å². The van der Waals surface area contributed by atoms with Gasteiger partial charge in [0.2, 0.25) is 0 Å². The number of ether oxygens (including phenoxy) is 4. The van der Waals surface area contributed by atoms with Crippen LogP contribution in [0.1, 0.15) is 101 Å². The van der Waals surface area contributed by atoms with Gasteiger partial charge in [0, 0.05) is 0 Å². The van der Waals surface area contributed by atoms with Crippen molar-refractivity contribution in [1.29, 1.82) is 0 Å². The first-order chi connectivity index (χ1) is 18.1. The topological polar surface area (TPSA) is 131 Å². The summed E-state index contributed by atoms with van der Waals surface area (Å²) in [6, 6.07) is 3.67. The van der Waals surface area contributed by atoms with Crippen LogP contribution in [0.15, 0.2) is 18.2 Å². The fourth-order valence-corrected chi connectivity index (χ4v) is 3.30. The molecule has 0 saturated heterocycles. The molecule has 2 N–H and O–H groups in total. The molecule has 1 unspecified atom stereocenters. The predicted octanol–water partition coefficient (Wildman–Crippen LogP) is 5.54. The predicted molar refractivity (Wildman–Crippen MR) is 153 cm³/mol. The van der Waals surface area contributed by atoms with Crippen LogP contribution in [0.5, 0.6) is 11.5 Å². The van der Waals surface area contributed by atoms with E-state index in [9.17, 15) is 19.2 Å². The van der Waals surface area contributed by atoms with Gasteiger partial charge in [0.05, 0.1) is 18.3 Å². The number of carbonyl (C=O) groups is 4. The second-order valence-corrected chi connectivity index (χ2v) is 13.5. The summed E-state index contributed by atoms with van der Waals surface area (Å²) in [5.41, 5.74) is 5.48. The molecule has 226 valence electrons. The zero-order chi connectivity index (χ0) is 31.1. The van der Waals surface area contributed by atoms with E-state index in [0.717, 1.165) is 0 Å². The van der Waals surface area contributed by atoms with E-state index in [1.807, 2.05) is 48.5 Å². The summed E-state index contributed by atoms with van der Waals surface area (Å²) in [6.07, 6.45) is -0.376. The molecule has 1 aromatic rings. The molecule has 0 saturated carbocycles. The third kappa shape index (κ3) is 12.5. The minimum Gasteiger partial charge on any atom is -0.458 e. The maximum Gasteiger partial charge on any atom is 0.323 e. The molecule has 0 aliphatic carbocycles. The Balaban J connectivity index is 3.01. The zero-order valence-electron chi connectivity index (χ0n) is 26.1. The largest absolute Gasteiger partial charge is 0.458 e. The molecule has 0 bridgehead atoms. The van der Waals surface area contributed by atoms with Crippen molar-refractivity contribution in [3.63, 3.8) is 0 Å². The van der Waals surface area contributed by atoms with Crippen molar-refractivity contribution >= 4 is 23.9 Å². The molecule has 0 aromatic heterocycles. The molecule has 3 atom stereocenters. The van der Waals surface area contributed by atoms with Crippen molar-refractivity contribution in [3.05, 3.63) is 23.8 Å². The molecule has 0 heterocycles. The van der Waals surface area contributed by atoms with Crippen LogP contribution in [0.25, 0.3) is 0 Å². The molecule has 9 heteroatoms. The van der Waals surface area contributed by atoms with Gasteiger partial charge in [-0.25, -0.2) is 0 Å². The number of esters is 4. The molecular formula is C31H49NO8. The maximum atomic E-state index is 12.7. The normalized spacial score (nSPS) is 14.5. The summed E-state index contributed by atoms with van der Waals surface area (Å²) in [5.74, 6) is -1.80. The Labute approximate surface area is 239 Å². The Morgan fingerprint density at radius 3 is 1.73 bits per heavy atom. The van der Waals surface area contributed by atoms with Gasteiger partial charge in [0.1, 0.15) is 18.2 Å². The molecule has 0 amide bonds. The first-order valence-corrected chi connectivity index (χ1v) is 13.8. The number of carbonyl (C=O) groups excluding carboxylic acids is 4. The van der Waals surface area contributed by atoms with Crippen LogP contribution in [0, 0.1) is 16.2 Å². The van der Waals surface area contributed by atoms with E-state index in [4.69, 9.17) is 24.7 Å². The van der Waals surface area contributed by atoms with Gasteiger partial charge < -0.3 is 24.7 Å². The SMILES string of the molecule is CCC(C)(C)C(=O)OC(C)[C@H](C)OC(=O)[C@@H](N)Cc1ccc(OC(=O)CC(C)(C)C)c(OC(=O)CC(C)(C)C)c1. The highest BCUT2D eigenvalue weighted by molar-refractivity contribution is 5.78. The summed E-state index contributed by atoms with van der Waals surface area (Å²) < 4.78 is 22.1. The third-order valence-electron chi connectivity index (χ3n) is 6.26. The molecule has 0 radical (unpaired) electrons. The maximum absolute atomic E-state index is 12.7. The highest BCUT2D eigenvalue weighted by Crippen LogP contribution is 2.32. The van der Waals surface area contributed by atoms with Crippen LogP contribution in [0.2, 0.25) is 0 Å². The second-order valence-electron chi connectivity index (χ2n) is 13.5. The standard InChI is InChI=1S/C31H49NO8/c1-12-31(10,11)28(36)38-20(3)19(2)37-27(35)22(32)15-21-13-14-23(39-25(33)17-29(4,5)6)24(16-21)40-26(34)18-30(7,8)9/h13-14,16,19-20,22H,12,15,17-18,32H2,1-11H3/t19-,20?,22-/m0/s1. The highest BCUT2D eigenvalue weighted by atomic mass is 16.6. The summed E-state index contributed by atoms with van der Waals surface area (Å²) in [5, 5.41) is 0. The van der Waals surface area contributed by atoms with Gasteiger partial charge in [0.15, 0.2) is 11.5 Å². The van der Waals surface area contributed by atoms with Crippen molar-refractivity contribution in [3.8, 4) is 11.5 Å². The van der Waals surface area contributed by atoms with Crippen LogP contribution in [0.3, 0.4) is 0 Å². The van der Waals surface area contributed by atoms with E-state index in [-0.39, 0.29) is 47.6 Å². The summed E-state index contributed by atoms with van der Waals surface area (Å²) in [4.78, 5) is 50.1. The van der Waals surface area contributed by atoms with Crippen LogP contribution < -0.4 is 15.2 Å². The fraction of sp³-hybridized carbons (Fsp3) is 0.677. The average molecular weight is 564 g/mol. The Hall–Kier alpha value is -2.94. The van der Waals surface area contributed by atoms with Gasteiger partial charge in [0.25, 0.3) is 0 Å². The van der Waals surface area contributed by atoms with Crippen molar-refractivity contribution in [2.24, 2.45) is 22.0 Å². The fourth-order valence-electron chi connectivity index (χ4n) is 3.30. The number of hydrogen-bond acceptors (Lipinski definition) is 9. The van der Waals surface area contributed by atoms with Gasteiger partial charge in [-0.15, -0.1) is 0 Å². The Morgan fingerprint density at radius 2 is 1.25 bits per heavy atom. The Morgan fingerprint density at radius 1 is 0.775 bits per heavy atom. The number of nitrogens with two attached hydrogens (primary N) is 1. The lowest BCUT2D eigenvalue weighted by Crippen LogP contribution is -2.40. The van der Waals surface area contributed by atoms with Crippen LogP contribution >= 0.6 is 0 Å². The molecule has 0 spiro atoms. The summed E-state index contributed by atoms with van der Waals surface area (Å²) in [7, 11) is 0. The number of benzene rings is 1. The van der Waals surface area contributed by atoms with E-state index in [2.05, 4.69) is 0 Å². The third-order valence-corrected chi connectivity index (χ3v) is 6.26. The molecule has 1 rings (SSSR count). The van der Waals surface area contributed by atoms with Crippen molar-refractivity contribution in [2.45, 2.75) is 120 Å². The van der Waals surface area contributed by atoms with Crippen LogP contribution in [0.4, 0.5) is 0 Å². The first-order valence-electron chi connectivity index (χ1n) is 13.8. The van der Waals surface area contributed by atoms with Gasteiger partial charge in [-0.05, 0) is 69.1 Å². The molecule has 0 aliphatic heterocycles. The van der Waals surface area contributed by atoms with E-state index < -0.39 is 41.6 Å². The molecular weight excluding hydrogens is 514 g/mol. The average Bonchev–Trinajstić information content (AvgIpc) is 2.77. The molecule has 0 aliphatic rings. The minimum atomic E-state index is -1.04. The van der Waals surface area contributed by atoms with Crippen molar-refractivity contribution < 1.29 is 38.1 Å². The summed E-state index contributed by atoms with van der Waals surface area (Å²) >= 11 is 0. The molecule has 9 nitrogen and oxygen atoms in total. The second kappa shape index (κ2) is 14.1. The van der Waals surface area contributed by atoms with Gasteiger partial charge >= 0.3 is 23.9 Å². The highest BCUT2D eigenvalue weighted by Gasteiger charge is 2.31. The number of rotatable bonds is 12. The van der Waals surface area contributed by atoms with Crippen molar-refractivity contribution in [2.75, 3.05) is 0 Å². The molecule has 0 fully saturated rings. The van der Waals surface area contributed by atoms with Gasteiger partial charge in [-0.1, -0.05) is 54.5 Å². The zero-order valence-corrected chi connectivity index (χ0v) is 26.1.